The van der Waals surface area contributed by atoms with Crippen LogP contribution in [0.4, 0.5) is 11.4 Å². The Morgan fingerprint density at radius 1 is 0.955 bits per heavy atom. The van der Waals surface area contributed by atoms with Crippen molar-refractivity contribution < 1.29 is 14.3 Å². The maximum absolute atomic E-state index is 11.0. The van der Waals surface area contributed by atoms with Crippen LogP contribution >= 0.6 is 0 Å². The molecule has 5 heteroatoms. The molecule has 22 heavy (non-hydrogen) atoms. The van der Waals surface area contributed by atoms with Gasteiger partial charge in [-0.15, -0.1) is 0 Å². The Morgan fingerprint density at radius 2 is 1.50 bits per heavy atom. The van der Waals surface area contributed by atoms with Gasteiger partial charge in [0.2, 0.25) is 5.91 Å². The lowest BCUT2D eigenvalue weighted by Gasteiger charge is -2.11. The molecular weight excluding hydrogens is 280 g/mol. The molecule has 0 radical (unpaired) electrons. The van der Waals surface area contributed by atoms with Crippen molar-refractivity contribution in [2.75, 3.05) is 24.9 Å². The fourth-order valence-corrected chi connectivity index (χ4v) is 2.05. The van der Waals surface area contributed by atoms with E-state index in [0.717, 1.165) is 28.4 Å². The highest BCUT2D eigenvalue weighted by atomic mass is 16.5. The van der Waals surface area contributed by atoms with E-state index in [2.05, 4.69) is 10.6 Å². The zero-order valence-corrected chi connectivity index (χ0v) is 13.0. The van der Waals surface area contributed by atoms with Crippen LogP contribution in [0.25, 0.3) is 0 Å². The highest BCUT2D eigenvalue weighted by molar-refractivity contribution is 5.88. The molecule has 0 bridgehead atoms. The number of carbonyl (C=O) groups is 1. The molecule has 2 rings (SSSR count). The van der Waals surface area contributed by atoms with Crippen molar-refractivity contribution in [1.82, 2.24) is 0 Å². The predicted molar refractivity (Wildman–Crippen MR) is 87.6 cm³/mol. The van der Waals surface area contributed by atoms with Gasteiger partial charge >= 0.3 is 0 Å². The van der Waals surface area contributed by atoms with Crippen molar-refractivity contribution in [3.63, 3.8) is 0 Å². The molecule has 2 aromatic carbocycles. The molecule has 0 aliphatic carbocycles. The molecule has 0 saturated heterocycles. The number of hydrogen-bond donors (Lipinski definition) is 2. The minimum atomic E-state index is -0.0795. The number of rotatable bonds is 6. The minimum absolute atomic E-state index is 0.0795. The van der Waals surface area contributed by atoms with Crippen LogP contribution < -0.4 is 20.1 Å². The number of hydrogen-bond acceptors (Lipinski definition) is 4. The normalized spacial score (nSPS) is 9.95. The van der Waals surface area contributed by atoms with Crippen LogP contribution in [0.15, 0.2) is 42.5 Å². The van der Waals surface area contributed by atoms with Gasteiger partial charge in [-0.25, -0.2) is 0 Å². The summed E-state index contributed by atoms with van der Waals surface area (Å²) in [5.41, 5.74) is 2.80. The second kappa shape index (κ2) is 7.36. The van der Waals surface area contributed by atoms with Gasteiger partial charge in [-0.1, -0.05) is 0 Å². The van der Waals surface area contributed by atoms with Gasteiger partial charge in [0.1, 0.15) is 11.5 Å². The Morgan fingerprint density at radius 3 is 2.00 bits per heavy atom. The molecule has 0 unspecified atom stereocenters. The summed E-state index contributed by atoms with van der Waals surface area (Å²) in [5, 5.41) is 6.06. The summed E-state index contributed by atoms with van der Waals surface area (Å²) in [6.45, 7) is 2.13. The van der Waals surface area contributed by atoms with E-state index < -0.39 is 0 Å². The van der Waals surface area contributed by atoms with Gasteiger partial charge in [0.15, 0.2) is 0 Å². The Hall–Kier alpha value is -2.69. The third kappa shape index (κ3) is 4.41. The van der Waals surface area contributed by atoms with E-state index in [4.69, 9.17) is 9.47 Å². The van der Waals surface area contributed by atoms with Gasteiger partial charge in [0.05, 0.1) is 14.2 Å². The fourth-order valence-electron chi connectivity index (χ4n) is 2.05. The van der Waals surface area contributed by atoms with E-state index in [1.807, 2.05) is 42.5 Å². The lowest BCUT2D eigenvalue weighted by molar-refractivity contribution is -0.114. The number of nitrogens with one attached hydrogen (secondary N) is 2. The molecule has 0 heterocycles. The first kappa shape index (κ1) is 15.7. The van der Waals surface area contributed by atoms with E-state index in [9.17, 15) is 4.79 Å². The molecular formula is C17H20N2O3. The number of carbonyl (C=O) groups excluding carboxylic acids is 1. The van der Waals surface area contributed by atoms with Gasteiger partial charge < -0.3 is 20.1 Å². The Kier molecular flexibility index (Phi) is 5.25. The van der Waals surface area contributed by atoms with Crippen molar-refractivity contribution in [1.29, 1.82) is 0 Å². The van der Waals surface area contributed by atoms with Gasteiger partial charge in [0, 0.05) is 30.9 Å². The largest absolute Gasteiger partial charge is 0.497 e. The molecule has 0 fully saturated rings. The molecule has 0 aliphatic rings. The minimum Gasteiger partial charge on any atom is -0.497 e. The van der Waals surface area contributed by atoms with Crippen LogP contribution in [0.5, 0.6) is 11.5 Å². The van der Waals surface area contributed by atoms with E-state index in [0.29, 0.717) is 6.54 Å². The predicted octanol–water partition coefficient (Wildman–Crippen LogP) is 3.27. The van der Waals surface area contributed by atoms with Crippen molar-refractivity contribution in [2.45, 2.75) is 13.5 Å². The molecule has 0 spiro atoms. The fraction of sp³-hybridized carbons (Fsp3) is 0.235. The topological polar surface area (TPSA) is 59.6 Å². The molecule has 5 nitrogen and oxygen atoms in total. The van der Waals surface area contributed by atoms with E-state index >= 15 is 0 Å². The molecule has 0 aromatic heterocycles. The van der Waals surface area contributed by atoms with Gasteiger partial charge in [-0.3, -0.25) is 4.79 Å². The second-order valence-electron chi connectivity index (χ2n) is 4.83. The number of amides is 1. The SMILES string of the molecule is COc1cc(CNc2ccc(NC(C)=O)cc2)cc(OC)c1. The maximum Gasteiger partial charge on any atom is 0.221 e. The van der Waals surface area contributed by atoms with E-state index in [1.165, 1.54) is 6.92 Å². The molecule has 2 aromatic rings. The summed E-state index contributed by atoms with van der Waals surface area (Å²) in [6.07, 6.45) is 0. The van der Waals surface area contributed by atoms with Crippen molar-refractivity contribution in [3.8, 4) is 11.5 Å². The Labute approximate surface area is 130 Å². The third-order valence-electron chi connectivity index (χ3n) is 3.11. The summed E-state index contributed by atoms with van der Waals surface area (Å²) < 4.78 is 10.5. The first-order chi connectivity index (χ1) is 10.6. The van der Waals surface area contributed by atoms with Gasteiger partial charge in [-0.05, 0) is 42.0 Å². The first-order valence-corrected chi connectivity index (χ1v) is 6.94. The summed E-state index contributed by atoms with van der Waals surface area (Å²) in [5.74, 6) is 1.44. The smallest absolute Gasteiger partial charge is 0.221 e. The third-order valence-corrected chi connectivity index (χ3v) is 3.11. The number of methoxy groups -OCH3 is 2. The number of anilines is 2. The summed E-state index contributed by atoms with van der Waals surface area (Å²) in [4.78, 5) is 11.0. The van der Waals surface area contributed by atoms with Crippen LogP contribution in [0, 0.1) is 0 Å². The second-order valence-corrected chi connectivity index (χ2v) is 4.83. The zero-order valence-electron chi connectivity index (χ0n) is 13.0. The summed E-state index contributed by atoms with van der Waals surface area (Å²) in [7, 11) is 3.26. The van der Waals surface area contributed by atoms with E-state index in [1.54, 1.807) is 14.2 Å². The van der Waals surface area contributed by atoms with Crippen molar-refractivity contribution in [3.05, 3.63) is 48.0 Å². The Balaban J connectivity index is 2.01. The highest BCUT2D eigenvalue weighted by Gasteiger charge is 2.02. The van der Waals surface area contributed by atoms with Crippen LogP contribution in [0.3, 0.4) is 0 Å². The van der Waals surface area contributed by atoms with Crippen LogP contribution in [-0.4, -0.2) is 20.1 Å². The quantitative estimate of drug-likeness (QED) is 0.859. The first-order valence-electron chi connectivity index (χ1n) is 6.94. The lowest BCUT2D eigenvalue weighted by atomic mass is 10.2. The van der Waals surface area contributed by atoms with E-state index in [-0.39, 0.29) is 5.91 Å². The molecule has 0 saturated carbocycles. The van der Waals surface area contributed by atoms with Crippen LogP contribution in [0.1, 0.15) is 12.5 Å². The van der Waals surface area contributed by atoms with Crippen molar-refractivity contribution in [2.24, 2.45) is 0 Å². The van der Waals surface area contributed by atoms with Crippen molar-refractivity contribution >= 4 is 17.3 Å². The van der Waals surface area contributed by atoms with Gasteiger partial charge in [0.25, 0.3) is 0 Å². The molecule has 0 aliphatic heterocycles. The molecule has 2 N–H and O–H groups in total. The molecule has 116 valence electrons. The average molecular weight is 300 g/mol. The molecule has 0 atom stereocenters. The molecule has 1 amide bonds. The zero-order chi connectivity index (χ0) is 15.9. The summed E-state index contributed by atoms with van der Waals surface area (Å²) >= 11 is 0. The average Bonchev–Trinajstić information content (AvgIpc) is 2.53. The maximum atomic E-state index is 11.0. The van der Waals surface area contributed by atoms with Crippen LogP contribution in [0.2, 0.25) is 0 Å². The lowest BCUT2D eigenvalue weighted by Crippen LogP contribution is -2.05. The highest BCUT2D eigenvalue weighted by Crippen LogP contribution is 2.23. The summed E-state index contributed by atoms with van der Waals surface area (Å²) in [6, 6.07) is 13.3. The monoisotopic (exact) mass is 300 g/mol. The Bertz CT molecular complexity index is 617. The van der Waals surface area contributed by atoms with Crippen LogP contribution in [-0.2, 0) is 11.3 Å². The number of ether oxygens (including phenoxy) is 2. The number of benzene rings is 2. The van der Waals surface area contributed by atoms with Gasteiger partial charge in [-0.2, -0.15) is 0 Å². The standard InChI is InChI=1S/C17H20N2O3/c1-12(20)19-15-6-4-14(5-7-15)18-11-13-8-16(21-2)10-17(9-13)22-3/h4-10,18H,11H2,1-3H3,(H,19,20).